The molecule has 1 aliphatic carbocycles. The number of amides is 1. The molecule has 0 bridgehead atoms. The van der Waals surface area contributed by atoms with E-state index in [9.17, 15) is 9.90 Å². The highest BCUT2D eigenvalue weighted by Gasteiger charge is 2.32. The summed E-state index contributed by atoms with van der Waals surface area (Å²) in [7, 11) is 1.72. The van der Waals surface area contributed by atoms with E-state index in [4.69, 9.17) is 5.73 Å². The SMILES string of the molecule is CN(C(=O)CC1(N)CCCC1)c1cccc(O)c1. The van der Waals surface area contributed by atoms with E-state index < -0.39 is 0 Å². The minimum atomic E-state index is -0.331. The molecule has 4 nitrogen and oxygen atoms in total. The molecule has 0 atom stereocenters. The molecule has 1 fully saturated rings. The van der Waals surface area contributed by atoms with Crippen molar-refractivity contribution in [2.45, 2.75) is 37.6 Å². The molecule has 4 heteroatoms. The van der Waals surface area contributed by atoms with E-state index in [0.717, 1.165) is 25.7 Å². The van der Waals surface area contributed by atoms with Gasteiger partial charge in [-0.05, 0) is 25.0 Å². The average molecular weight is 248 g/mol. The van der Waals surface area contributed by atoms with Crippen molar-refractivity contribution < 1.29 is 9.90 Å². The summed E-state index contributed by atoms with van der Waals surface area (Å²) in [5.74, 6) is 0.167. The molecule has 0 unspecified atom stereocenters. The summed E-state index contributed by atoms with van der Waals surface area (Å²) in [4.78, 5) is 13.7. The van der Waals surface area contributed by atoms with Crippen molar-refractivity contribution in [3.05, 3.63) is 24.3 Å². The lowest BCUT2D eigenvalue weighted by Crippen LogP contribution is -2.42. The molecule has 3 N–H and O–H groups in total. The van der Waals surface area contributed by atoms with Gasteiger partial charge in [-0.15, -0.1) is 0 Å². The van der Waals surface area contributed by atoms with Crippen molar-refractivity contribution in [3.63, 3.8) is 0 Å². The quantitative estimate of drug-likeness (QED) is 0.860. The first-order valence-corrected chi connectivity index (χ1v) is 6.35. The lowest BCUT2D eigenvalue weighted by molar-refractivity contribution is -0.119. The van der Waals surface area contributed by atoms with Crippen LogP contribution in [0, 0.1) is 0 Å². The summed E-state index contributed by atoms with van der Waals surface area (Å²) in [6.45, 7) is 0. The Morgan fingerprint density at radius 2 is 2.11 bits per heavy atom. The first kappa shape index (κ1) is 12.9. The molecule has 1 aromatic rings. The second-order valence-electron chi connectivity index (χ2n) is 5.22. The number of rotatable bonds is 3. The maximum Gasteiger partial charge on any atom is 0.228 e. The van der Waals surface area contributed by atoms with Gasteiger partial charge in [0.05, 0.1) is 0 Å². The smallest absolute Gasteiger partial charge is 0.228 e. The molecular weight excluding hydrogens is 228 g/mol. The Bertz CT molecular complexity index is 439. The maximum atomic E-state index is 12.2. The number of phenolic OH excluding ortho intramolecular Hbond substituents is 1. The Balaban J connectivity index is 2.04. The predicted octanol–water partition coefficient (Wildman–Crippen LogP) is 2.02. The zero-order chi connectivity index (χ0) is 13.2. The number of phenols is 1. The lowest BCUT2D eigenvalue weighted by atomic mass is 9.94. The van der Waals surface area contributed by atoms with Gasteiger partial charge in [0.15, 0.2) is 0 Å². The molecule has 1 saturated carbocycles. The van der Waals surface area contributed by atoms with E-state index >= 15 is 0 Å². The topological polar surface area (TPSA) is 66.6 Å². The first-order chi connectivity index (χ1) is 8.50. The number of carbonyl (C=O) groups is 1. The minimum absolute atomic E-state index is 0.00463. The number of benzene rings is 1. The summed E-state index contributed by atoms with van der Waals surface area (Å²) in [5, 5.41) is 9.42. The van der Waals surface area contributed by atoms with Crippen LogP contribution in [-0.2, 0) is 4.79 Å². The van der Waals surface area contributed by atoms with Crippen LogP contribution in [0.5, 0.6) is 5.75 Å². The van der Waals surface area contributed by atoms with Crippen molar-refractivity contribution in [2.75, 3.05) is 11.9 Å². The molecule has 0 aliphatic heterocycles. The van der Waals surface area contributed by atoms with Crippen LogP contribution in [0.1, 0.15) is 32.1 Å². The van der Waals surface area contributed by atoms with E-state index in [1.807, 2.05) is 0 Å². The Morgan fingerprint density at radius 3 is 2.72 bits per heavy atom. The highest BCUT2D eigenvalue weighted by Crippen LogP contribution is 2.31. The molecule has 1 amide bonds. The van der Waals surface area contributed by atoms with Crippen LogP contribution in [0.2, 0.25) is 0 Å². The second-order valence-corrected chi connectivity index (χ2v) is 5.22. The first-order valence-electron chi connectivity index (χ1n) is 6.35. The molecule has 0 saturated heterocycles. The third-order valence-corrected chi connectivity index (χ3v) is 3.69. The zero-order valence-electron chi connectivity index (χ0n) is 10.7. The van der Waals surface area contributed by atoms with Crippen molar-refractivity contribution in [1.82, 2.24) is 0 Å². The standard InChI is InChI=1S/C14H20N2O2/c1-16(11-5-4-6-12(17)9-11)13(18)10-14(15)7-2-3-8-14/h4-6,9,17H,2-3,7-8,10,15H2,1H3. The molecule has 0 radical (unpaired) electrons. The lowest BCUT2D eigenvalue weighted by Gasteiger charge is -2.26. The molecule has 1 aromatic carbocycles. The van der Waals surface area contributed by atoms with Gasteiger partial charge in [-0.2, -0.15) is 0 Å². The third-order valence-electron chi connectivity index (χ3n) is 3.69. The molecule has 1 aliphatic rings. The van der Waals surface area contributed by atoms with Gasteiger partial charge in [0, 0.05) is 30.8 Å². The van der Waals surface area contributed by atoms with Gasteiger partial charge in [0.2, 0.25) is 5.91 Å². The summed E-state index contributed by atoms with van der Waals surface area (Å²) in [6.07, 6.45) is 4.44. The van der Waals surface area contributed by atoms with Crippen molar-refractivity contribution >= 4 is 11.6 Å². The number of aromatic hydroxyl groups is 1. The van der Waals surface area contributed by atoms with E-state index in [1.54, 1.807) is 36.2 Å². The number of anilines is 1. The van der Waals surface area contributed by atoms with Crippen LogP contribution >= 0.6 is 0 Å². The molecule has 18 heavy (non-hydrogen) atoms. The monoisotopic (exact) mass is 248 g/mol. The molecule has 0 heterocycles. The molecular formula is C14H20N2O2. The fraction of sp³-hybridized carbons (Fsp3) is 0.500. The van der Waals surface area contributed by atoms with Crippen LogP contribution in [0.3, 0.4) is 0 Å². The number of carbonyl (C=O) groups excluding carboxylic acids is 1. The zero-order valence-corrected chi connectivity index (χ0v) is 10.7. The molecule has 0 aromatic heterocycles. The maximum absolute atomic E-state index is 12.2. The average Bonchev–Trinajstić information content (AvgIpc) is 2.74. The molecule has 98 valence electrons. The van der Waals surface area contributed by atoms with Gasteiger partial charge in [0.25, 0.3) is 0 Å². The molecule has 2 rings (SSSR count). The minimum Gasteiger partial charge on any atom is -0.508 e. The Hall–Kier alpha value is -1.55. The van der Waals surface area contributed by atoms with Crippen LogP contribution in [0.4, 0.5) is 5.69 Å². The third kappa shape index (κ3) is 2.82. The number of nitrogens with zero attached hydrogens (tertiary/aromatic N) is 1. The van der Waals surface area contributed by atoms with E-state index in [0.29, 0.717) is 12.1 Å². The Kier molecular flexibility index (Phi) is 3.57. The summed E-state index contributed by atoms with van der Waals surface area (Å²) in [6, 6.07) is 6.69. The second kappa shape index (κ2) is 4.98. The number of nitrogens with two attached hydrogens (primary N) is 1. The predicted molar refractivity (Wildman–Crippen MR) is 71.5 cm³/mol. The van der Waals surface area contributed by atoms with Crippen LogP contribution in [0.15, 0.2) is 24.3 Å². The highest BCUT2D eigenvalue weighted by atomic mass is 16.3. The normalized spacial score (nSPS) is 17.7. The van der Waals surface area contributed by atoms with E-state index in [2.05, 4.69) is 0 Å². The summed E-state index contributed by atoms with van der Waals surface area (Å²) >= 11 is 0. The van der Waals surface area contributed by atoms with Crippen LogP contribution in [-0.4, -0.2) is 23.6 Å². The summed E-state index contributed by atoms with van der Waals surface area (Å²) in [5.41, 5.74) is 6.57. The molecule has 0 spiro atoms. The van der Waals surface area contributed by atoms with Gasteiger partial charge < -0.3 is 15.7 Å². The number of hydrogen-bond acceptors (Lipinski definition) is 3. The highest BCUT2D eigenvalue weighted by molar-refractivity contribution is 5.93. The fourth-order valence-electron chi connectivity index (χ4n) is 2.52. The van der Waals surface area contributed by atoms with Crippen molar-refractivity contribution in [2.24, 2.45) is 5.73 Å². The van der Waals surface area contributed by atoms with Gasteiger partial charge in [0.1, 0.15) is 5.75 Å². The number of hydrogen-bond donors (Lipinski definition) is 2. The Morgan fingerprint density at radius 1 is 1.44 bits per heavy atom. The van der Waals surface area contributed by atoms with Gasteiger partial charge in [-0.3, -0.25) is 4.79 Å². The summed E-state index contributed by atoms with van der Waals surface area (Å²) < 4.78 is 0. The van der Waals surface area contributed by atoms with E-state index in [1.165, 1.54) is 0 Å². The van der Waals surface area contributed by atoms with Crippen LogP contribution < -0.4 is 10.6 Å². The Labute approximate surface area is 107 Å². The van der Waals surface area contributed by atoms with Crippen molar-refractivity contribution in [1.29, 1.82) is 0 Å². The van der Waals surface area contributed by atoms with E-state index in [-0.39, 0.29) is 17.2 Å². The largest absolute Gasteiger partial charge is 0.508 e. The van der Waals surface area contributed by atoms with Crippen LogP contribution in [0.25, 0.3) is 0 Å². The van der Waals surface area contributed by atoms with Gasteiger partial charge in [-0.25, -0.2) is 0 Å². The van der Waals surface area contributed by atoms with Gasteiger partial charge in [-0.1, -0.05) is 18.9 Å². The van der Waals surface area contributed by atoms with Gasteiger partial charge >= 0.3 is 0 Å². The van der Waals surface area contributed by atoms with Crippen molar-refractivity contribution in [3.8, 4) is 5.75 Å². The fourth-order valence-corrected chi connectivity index (χ4v) is 2.52.